The van der Waals surface area contributed by atoms with E-state index in [1.807, 2.05) is 50.8 Å². The van der Waals surface area contributed by atoms with Gasteiger partial charge in [0.25, 0.3) is 0 Å². The molecule has 0 radical (unpaired) electrons. The fourth-order valence-electron chi connectivity index (χ4n) is 5.95. The van der Waals surface area contributed by atoms with Crippen molar-refractivity contribution >= 4 is 34.5 Å². The van der Waals surface area contributed by atoms with Crippen LogP contribution < -0.4 is 11.1 Å². The van der Waals surface area contributed by atoms with E-state index in [1.54, 1.807) is 21.7 Å². The molecule has 1 fully saturated rings. The second-order valence-corrected chi connectivity index (χ2v) is 13.2. The first-order valence-corrected chi connectivity index (χ1v) is 15.8. The molecule has 0 aliphatic heterocycles. The van der Waals surface area contributed by atoms with E-state index in [4.69, 9.17) is 22.1 Å². The summed E-state index contributed by atoms with van der Waals surface area (Å²) in [7, 11) is 1.82. The van der Waals surface area contributed by atoms with Gasteiger partial charge in [-0.05, 0) is 81.9 Å². The second kappa shape index (κ2) is 13.9. The minimum Gasteiger partial charge on any atom is -0.444 e. The average molecular weight is 657 g/mol. The number of nitrogens with zero attached hydrogens (tertiary/aromatic N) is 6. The monoisotopic (exact) mass is 656 g/mol. The minimum absolute atomic E-state index is 0.0127. The number of fused-ring (bicyclic) bond motifs is 1. The summed E-state index contributed by atoms with van der Waals surface area (Å²) in [6.45, 7) is 7.40. The van der Waals surface area contributed by atoms with Crippen LogP contribution in [0, 0.1) is 11.7 Å². The summed E-state index contributed by atoms with van der Waals surface area (Å²) in [5.41, 5.74) is 8.41. The highest BCUT2D eigenvalue weighted by molar-refractivity contribution is 6.29. The highest BCUT2D eigenvalue weighted by atomic mass is 35.5. The molecule has 1 aliphatic carbocycles. The molecule has 46 heavy (non-hydrogen) atoms. The second-order valence-electron chi connectivity index (χ2n) is 12.8. The molecule has 248 valence electrons. The SMILES string of the molecule is Cn1ccc(-c2cn([C@@H]3C[C@H](CNCCCN(CCc4ccc(F)cc4)C(=O)OC(C)(C)C)[C@@H](O)[C@H]3O)c3nc(Cl)nc(N)c23)n1. The summed E-state index contributed by atoms with van der Waals surface area (Å²) in [5.74, 6) is -0.339. The number of nitrogens with two attached hydrogens (primary N) is 1. The maximum atomic E-state index is 13.3. The normalized spacial score (nSPS) is 20.0. The van der Waals surface area contributed by atoms with Crippen molar-refractivity contribution in [2.75, 3.05) is 31.9 Å². The molecule has 4 aromatic rings. The Morgan fingerprint density at radius 1 is 1.17 bits per heavy atom. The van der Waals surface area contributed by atoms with E-state index in [1.165, 1.54) is 12.1 Å². The van der Waals surface area contributed by atoms with Gasteiger partial charge in [-0.2, -0.15) is 10.1 Å². The number of carbonyl (C=O) groups is 1. The van der Waals surface area contributed by atoms with E-state index in [-0.39, 0.29) is 22.8 Å². The lowest BCUT2D eigenvalue weighted by molar-refractivity contribution is 0.00687. The van der Waals surface area contributed by atoms with Crippen LogP contribution in [0.4, 0.5) is 15.0 Å². The van der Waals surface area contributed by atoms with Crippen LogP contribution in [0.15, 0.2) is 42.7 Å². The molecule has 0 bridgehead atoms. The van der Waals surface area contributed by atoms with Crippen LogP contribution in [0.25, 0.3) is 22.3 Å². The summed E-state index contributed by atoms with van der Waals surface area (Å²) < 4.78 is 22.4. The third-order valence-corrected chi connectivity index (χ3v) is 8.38. The van der Waals surface area contributed by atoms with Crippen LogP contribution >= 0.6 is 11.6 Å². The van der Waals surface area contributed by atoms with Gasteiger partial charge in [-0.3, -0.25) is 4.68 Å². The largest absolute Gasteiger partial charge is 0.444 e. The number of nitrogens with one attached hydrogen (secondary N) is 1. The summed E-state index contributed by atoms with van der Waals surface area (Å²) in [4.78, 5) is 23.1. The third kappa shape index (κ3) is 7.77. The number of halogens is 2. The molecule has 1 saturated carbocycles. The van der Waals surface area contributed by atoms with Crippen molar-refractivity contribution in [2.45, 2.75) is 63.9 Å². The fourth-order valence-corrected chi connectivity index (χ4v) is 6.12. The lowest BCUT2D eigenvalue weighted by atomic mass is 10.1. The molecular formula is C32H42ClFN8O4. The Balaban J connectivity index is 1.21. The third-order valence-electron chi connectivity index (χ3n) is 8.21. The number of nitrogen functional groups attached to an aromatic ring is 1. The van der Waals surface area contributed by atoms with Crippen LogP contribution in [0.5, 0.6) is 0 Å². The van der Waals surface area contributed by atoms with E-state index in [9.17, 15) is 19.4 Å². The van der Waals surface area contributed by atoms with Crippen LogP contribution in [0.3, 0.4) is 0 Å². The smallest absolute Gasteiger partial charge is 0.410 e. The molecule has 1 aliphatic rings. The molecule has 3 heterocycles. The molecule has 12 nitrogen and oxygen atoms in total. The van der Waals surface area contributed by atoms with Gasteiger partial charge in [0.15, 0.2) is 0 Å². The van der Waals surface area contributed by atoms with Crippen molar-refractivity contribution in [1.82, 2.24) is 34.5 Å². The molecule has 1 aromatic carbocycles. The summed E-state index contributed by atoms with van der Waals surface area (Å²) in [5, 5.41) is 30.6. The van der Waals surface area contributed by atoms with Crippen molar-refractivity contribution in [3.63, 3.8) is 0 Å². The number of anilines is 1. The number of aliphatic hydroxyl groups excluding tert-OH is 2. The molecule has 5 rings (SSSR count). The number of rotatable bonds is 11. The molecule has 1 amide bonds. The molecule has 0 unspecified atom stereocenters. The van der Waals surface area contributed by atoms with E-state index in [0.29, 0.717) is 67.7 Å². The number of benzene rings is 1. The molecule has 5 N–H and O–H groups in total. The van der Waals surface area contributed by atoms with E-state index >= 15 is 0 Å². The highest BCUT2D eigenvalue weighted by Crippen LogP contribution is 2.41. The Kier molecular flexibility index (Phi) is 10.2. The van der Waals surface area contributed by atoms with Crippen molar-refractivity contribution in [1.29, 1.82) is 0 Å². The maximum Gasteiger partial charge on any atom is 0.410 e. The number of aryl methyl sites for hydroxylation is 1. The zero-order chi connectivity index (χ0) is 33.2. The van der Waals surface area contributed by atoms with Crippen molar-refractivity contribution in [3.8, 4) is 11.3 Å². The first kappa shape index (κ1) is 33.6. The highest BCUT2D eigenvalue weighted by Gasteiger charge is 2.43. The topological polar surface area (TPSA) is 157 Å². The Hall–Kier alpha value is -3.78. The molecule has 0 spiro atoms. The van der Waals surface area contributed by atoms with E-state index in [2.05, 4.69) is 20.4 Å². The lowest BCUT2D eigenvalue weighted by Crippen LogP contribution is -2.40. The van der Waals surface area contributed by atoms with Crippen LogP contribution in [-0.2, 0) is 18.2 Å². The average Bonchev–Trinajstić information content (AvgIpc) is 3.66. The first-order chi connectivity index (χ1) is 21.8. The number of carbonyl (C=O) groups excluding carboxylic acids is 1. The minimum atomic E-state index is -1.05. The van der Waals surface area contributed by atoms with Gasteiger partial charge in [0.1, 0.15) is 29.0 Å². The Bertz CT molecular complexity index is 1650. The quantitative estimate of drug-likeness (QED) is 0.139. The summed E-state index contributed by atoms with van der Waals surface area (Å²) in [6, 6.07) is 7.61. The number of hydrogen-bond donors (Lipinski definition) is 4. The predicted octanol–water partition coefficient (Wildman–Crippen LogP) is 3.95. The van der Waals surface area contributed by atoms with Gasteiger partial charge in [-0.25, -0.2) is 14.2 Å². The van der Waals surface area contributed by atoms with Crippen LogP contribution in [0.2, 0.25) is 5.28 Å². The van der Waals surface area contributed by atoms with Gasteiger partial charge >= 0.3 is 6.09 Å². The van der Waals surface area contributed by atoms with Gasteiger partial charge in [-0.15, -0.1) is 0 Å². The number of aromatic nitrogens is 5. The number of amides is 1. The Morgan fingerprint density at radius 2 is 1.91 bits per heavy atom. The maximum absolute atomic E-state index is 13.3. The Morgan fingerprint density at radius 3 is 2.59 bits per heavy atom. The zero-order valence-electron chi connectivity index (χ0n) is 26.5. The van der Waals surface area contributed by atoms with E-state index < -0.39 is 29.9 Å². The van der Waals surface area contributed by atoms with Gasteiger partial charge in [-0.1, -0.05) is 12.1 Å². The summed E-state index contributed by atoms with van der Waals surface area (Å²) >= 11 is 6.18. The van der Waals surface area contributed by atoms with Crippen molar-refractivity contribution < 1.29 is 24.1 Å². The first-order valence-electron chi connectivity index (χ1n) is 15.4. The van der Waals surface area contributed by atoms with Gasteiger partial charge in [0.05, 0.1) is 23.2 Å². The van der Waals surface area contributed by atoms with Gasteiger partial charge < -0.3 is 35.5 Å². The predicted molar refractivity (Wildman–Crippen MR) is 174 cm³/mol. The molecule has 4 atom stereocenters. The fraction of sp³-hybridized carbons (Fsp3) is 0.500. The van der Waals surface area contributed by atoms with Crippen molar-refractivity contribution in [2.24, 2.45) is 13.0 Å². The van der Waals surface area contributed by atoms with Crippen molar-refractivity contribution in [3.05, 3.63) is 59.4 Å². The number of ether oxygens (including phenoxy) is 1. The molecule has 0 saturated heterocycles. The summed E-state index contributed by atoms with van der Waals surface area (Å²) in [6.07, 6.45) is 2.91. The van der Waals surface area contributed by atoms with Gasteiger partial charge in [0, 0.05) is 50.6 Å². The van der Waals surface area contributed by atoms with E-state index in [0.717, 1.165) is 5.56 Å². The molecule has 3 aromatic heterocycles. The zero-order valence-corrected chi connectivity index (χ0v) is 27.3. The lowest BCUT2D eigenvalue weighted by Gasteiger charge is -2.27. The molecular weight excluding hydrogens is 615 g/mol. The number of aliphatic hydroxyl groups is 2. The number of hydrogen-bond acceptors (Lipinski definition) is 9. The Labute approximate surface area is 272 Å². The van der Waals surface area contributed by atoms with Gasteiger partial charge in [0.2, 0.25) is 5.28 Å². The molecule has 14 heteroatoms. The standard InChI is InChI=1S/C32H42ClFN8O4/c1-32(2,3)46-31(45)41(15-10-19-6-8-21(34)9-7-19)13-5-12-36-17-20-16-24(27(44)26(20)43)42-18-22(23-11-14-40(4)39-23)25-28(35)37-30(33)38-29(25)42/h6-9,11,14,18,20,24,26-27,36,43-44H,5,10,12-13,15-17H2,1-4H3,(H2,35,37,38)/t20-,24-,26-,27+/m1/s1. The van der Waals surface area contributed by atoms with Crippen LogP contribution in [-0.4, -0.2) is 89.5 Å². The van der Waals surface area contributed by atoms with Crippen LogP contribution in [0.1, 0.15) is 45.2 Å².